The van der Waals surface area contributed by atoms with Gasteiger partial charge in [-0.05, 0) is 12.8 Å². The van der Waals surface area contributed by atoms with Gasteiger partial charge in [0.2, 0.25) is 0 Å². The predicted octanol–water partition coefficient (Wildman–Crippen LogP) is 0.409. The van der Waals surface area contributed by atoms with Gasteiger partial charge in [-0.1, -0.05) is 0 Å². The highest BCUT2D eigenvalue weighted by Gasteiger charge is 2.19. The zero-order chi connectivity index (χ0) is 3.70. The lowest BCUT2D eigenvalue weighted by molar-refractivity contribution is -0.108. The van der Waals surface area contributed by atoms with Crippen molar-refractivity contribution in [1.29, 1.82) is 0 Å². The quantitative estimate of drug-likeness (QED) is 0.407. The molecule has 5 heavy (non-hydrogen) atoms. The summed E-state index contributed by atoms with van der Waals surface area (Å²) in [6.45, 7) is 0. The van der Waals surface area contributed by atoms with Crippen molar-refractivity contribution in [2.24, 2.45) is 5.92 Å². The summed E-state index contributed by atoms with van der Waals surface area (Å²) in [5.41, 5.74) is 0. The third kappa shape index (κ3) is 0.469. The van der Waals surface area contributed by atoms with Crippen molar-refractivity contribution < 1.29 is 4.79 Å². The molecule has 0 aromatic carbocycles. The molecule has 1 nitrogen and oxygen atoms in total. The molecule has 1 saturated carbocycles. The van der Waals surface area contributed by atoms with Gasteiger partial charge in [0.05, 0.1) is 0 Å². The molecular formula is C4H5O. The van der Waals surface area contributed by atoms with E-state index < -0.39 is 0 Å². The topological polar surface area (TPSA) is 17.1 Å². The Morgan fingerprint density at radius 3 is 2.60 bits per heavy atom. The molecule has 0 N–H and O–H groups in total. The first kappa shape index (κ1) is 2.88. The lowest BCUT2D eigenvalue weighted by Gasteiger charge is -1.56. The van der Waals surface area contributed by atoms with Gasteiger partial charge >= 0.3 is 0 Å². The molecule has 27 valence electrons. The van der Waals surface area contributed by atoms with Crippen molar-refractivity contribution in [1.82, 2.24) is 0 Å². The second kappa shape index (κ2) is 0.814. The maximum Gasteiger partial charge on any atom is 0.123 e. The van der Waals surface area contributed by atoms with Gasteiger partial charge in [0, 0.05) is 5.92 Å². The zero-order valence-corrected chi connectivity index (χ0v) is 2.85. The highest BCUT2D eigenvalue weighted by Crippen LogP contribution is 2.23. The smallest absolute Gasteiger partial charge is 0.123 e. The van der Waals surface area contributed by atoms with E-state index in [4.69, 9.17) is 0 Å². The molecule has 0 aliphatic heterocycles. The lowest BCUT2D eigenvalue weighted by Crippen LogP contribution is -1.67. The van der Waals surface area contributed by atoms with Crippen LogP contribution < -0.4 is 0 Å². The number of aldehydes is 1. The average Bonchev–Trinajstić information content (AvgIpc) is 2.12. The summed E-state index contributed by atoms with van der Waals surface area (Å²) in [4.78, 5) is 9.54. The molecule has 1 radical (unpaired) electrons. The molecule has 1 aliphatic carbocycles. The fourth-order valence-corrected chi connectivity index (χ4v) is 0.190. The Hall–Kier alpha value is -0.330. The first-order chi connectivity index (χ1) is 2.43. The van der Waals surface area contributed by atoms with E-state index in [2.05, 4.69) is 0 Å². The normalized spacial score (nSPS) is 22.4. The summed E-state index contributed by atoms with van der Waals surface area (Å²) in [5, 5.41) is 0. The lowest BCUT2D eigenvalue weighted by atomic mass is 10.5. The molecule has 0 aromatic heterocycles. The molecule has 1 unspecified atom stereocenters. The molecule has 1 rings (SSSR count). The van der Waals surface area contributed by atoms with Crippen LogP contribution in [0.15, 0.2) is 0 Å². The molecule has 0 spiro atoms. The van der Waals surface area contributed by atoms with Crippen LogP contribution in [0.3, 0.4) is 0 Å². The Kier molecular flexibility index (Phi) is 0.469. The van der Waals surface area contributed by atoms with Gasteiger partial charge in [0.25, 0.3) is 0 Å². The fourth-order valence-electron chi connectivity index (χ4n) is 0.190. The molecule has 1 atom stereocenters. The summed E-state index contributed by atoms with van der Waals surface area (Å²) in [6, 6.07) is 0. The molecular weight excluding hydrogens is 64.0 g/mol. The number of rotatable bonds is 1. The Labute approximate surface area is 31.0 Å². The van der Waals surface area contributed by atoms with Crippen LogP contribution in [0, 0.1) is 12.3 Å². The van der Waals surface area contributed by atoms with Crippen molar-refractivity contribution in [2.75, 3.05) is 0 Å². The van der Waals surface area contributed by atoms with Crippen LogP contribution in [0.25, 0.3) is 0 Å². The Balaban J connectivity index is 2.21. The second-order valence-electron chi connectivity index (χ2n) is 1.27. The van der Waals surface area contributed by atoms with Gasteiger partial charge in [-0.2, -0.15) is 0 Å². The third-order valence-corrected chi connectivity index (χ3v) is 0.683. The molecule has 1 aliphatic rings. The zero-order valence-electron chi connectivity index (χ0n) is 2.85. The summed E-state index contributed by atoms with van der Waals surface area (Å²) in [6.07, 6.45) is 3.97. The monoisotopic (exact) mass is 69.0 g/mol. The minimum atomic E-state index is 0.329. The van der Waals surface area contributed by atoms with Gasteiger partial charge in [-0.15, -0.1) is 0 Å². The summed E-state index contributed by atoms with van der Waals surface area (Å²) >= 11 is 0. The molecule has 1 fully saturated rings. The first-order valence-corrected chi connectivity index (χ1v) is 1.72. The minimum absolute atomic E-state index is 0.329. The number of hydrogen-bond acceptors (Lipinski definition) is 1. The average molecular weight is 69.1 g/mol. The molecule has 0 heterocycles. The van der Waals surface area contributed by atoms with E-state index in [0.717, 1.165) is 12.7 Å². The number of carbonyl (C=O) groups excluding carboxylic acids is 1. The van der Waals surface area contributed by atoms with Crippen molar-refractivity contribution in [3.8, 4) is 0 Å². The Bertz CT molecular complexity index is 45.6. The number of hydrogen-bond donors (Lipinski definition) is 0. The highest BCUT2D eigenvalue weighted by molar-refractivity contribution is 5.60. The maximum absolute atomic E-state index is 9.54. The van der Waals surface area contributed by atoms with Crippen molar-refractivity contribution in [2.45, 2.75) is 6.42 Å². The van der Waals surface area contributed by atoms with Crippen molar-refractivity contribution >= 4 is 6.29 Å². The first-order valence-electron chi connectivity index (χ1n) is 1.72. The Morgan fingerprint density at radius 2 is 2.60 bits per heavy atom. The number of carbonyl (C=O) groups is 1. The van der Waals surface area contributed by atoms with Crippen LogP contribution in [0.5, 0.6) is 0 Å². The van der Waals surface area contributed by atoms with Gasteiger partial charge < -0.3 is 4.79 Å². The van der Waals surface area contributed by atoms with E-state index in [0.29, 0.717) is 5.92 Å². The van der Waals surface area contributed by atoms with Crippen LogP contribution in [-0.2, 0) is 4.79 Å². The molecule has 0 saturated heterocycles. The summed E-state index contributed by atoms with van der Waals surface area (Å²) < 4.78 is 0. The van der Waals surface area contributed by atoms with E-state index in [1.54, 1.807) is 0 Å². The van der Waals surface area contributed by atoms with Crippen LogP contribution in [0.4, 0.5) is 0 Å². The van der Waals surface area contributed by atoms with E-state index in [1.807, 2.05) is 6.42 Å². The van der Waals surface area contributed by atoms with Gasteiger partial charge in [-0.25, -0.2) is 0 Å². The molecule has 0 bridgehead atoms. The molecule has 1 heteroatoms. The highest BCUT2D eigenvalue weighted by atomic mass is 16.1. The second-order valence-corrected chi connectivity index (χ2v) is 1.27. The third-order valence-electron chi connectivity index (χ3n) is 0.683. The van der Waals surface area contributed by atoms with Gasteiger partial charge in [0.15, 0.2) is 0 Å². The van der Waals surface area contributed by atoms with Crippen LogP contribution in [0.2, 0.25) is 0 Å². The van der Waals surface area contributed by atoms with E-state index >= 15 is 0 Å². The SMILES string of the molecule is O=CC1[CH]C1. The largest absolute Gasteiger partial charge is 0.303 e. The van der Waals surface area contributed by atoms with Gasteiger partial charge in [-0.3, -0.25) is 0 Å². The summed E-state index contributed by atoms with van der Waals surface area (Å²) in [7, 11) is 0. The van der Waals surface area contributed by atoms with E-state index in [1.165, 1.54) is 0 Å². The van der Waals surface area contributed by atoms with E-state index in [9.17, 15) is 4.79 Å². The fraction of sp³-hybridized carbons (Fsp3) is 0.500. The maximum atomic E-state index is 9.54. The standard InChI is InChI=1S/C4H5O/c5-3-4-1-2-4/h1,3-4H,2H2. The van der Waals surface area contributed by atoms with Gasteiger partial charge in [0.1, 0.15) is 6.29 Å². The van der Waals surface area contributed by atoms with Crippen LogP contribution >= 0.6 is 0 Å². The molecule has 0 aromatic rings. The molecule has 0 amide bonds. The van der Waals surface area contributed by atoms with Crippen molar-refractivity contribution in [3.05, 3.63) is 6.42 Å². The van der Waals surface area contributed by atoms with E-state index in [-0.39, 0.29) is 0 Å². The van der Waals surface area contributed by atoms with Crippen LogP contribution in [0.1, 0.15) is 6.42 Å². The Morgan fingerprint density at radius 1 is 2.00 bits per heavy atom. The predicted molar refractivity (Wildman–Crippen MR) is 18.5 cm³/mol. The van der Waals surface area contributed by atoms with Crippen LogP contribution in [-0.4, -0.2) is 6.29 Å². The summed E-state index contributed by atoms with van der Waals surface area (Å²) in [5.74, 6) is 0.329. The minimum Gasteiger partial charge on any atom is -0.303 e. The van der Waals surface area contributed by atoms with Crippen molar-refractivity contribution in [3.63, 3.8) is 0 Å².